The first-order chi connectivity index (χ1) is 17.0. The molecule has 0 unspecified atom stereocenters. The molecule has 2 aliphatic rings. The minimum Gasteiger partial charge on any atom is -0.295 e. The van der Waals surface area contributed by atoms with Crippen LogP contribution in [0.4, 0.5) is 4.39 Å². The Morgan fingerprint density at radius 2 is 1.69 bits per heavy atom. The van der Waals surface area contributed by atoms with Gasteiger partial charge in [-0.2, -0.15) is 0 Å². The van der Waals surface area contributed by atoms with Gasteiger partial charge in [-0.15, -0.1) is 0 Å². The summed E-state index contributed by atoms with van der Waals surface area (Å²) in [5.74, 6) is 0. The highest BCUT2D eigenvalue weighted by Gasteiger charge is 2.23. The van der Waals surface area contributed by atoms with Gasteiger partial charge in [0.25, 0.3) is 0 Å². The van der Waals surface area contributed by atoms with Crippen LogP contribution in [-0.2, 0) is 6.42 Å². The molecule has 0 amide bonds. The highest BCUT2D eigenvalue weighted by molar-refractivity contribution is 6.36. The minimum atomic E-state index is -0.238. The van der Waals surface area contributed by atoms with Crippen LogP contribution in [-0.4, -0.2) is 31.2 Å². The van der Waals surface area contributed by atoms with Crippen molar-refractivity contribution in [2.24, 2.45) is 0 Å². The van der Waals surface area contributed by atoms with Crippen molar-refractivity contribution in [3.8, 4) is 0 Å². The molecule has 1 aliphatic carbocycles. The van der Waals surface area contributed by atoms with Crippen molar-refractivity contribution in [3.05, 3.63) is 110 Å². The van der Waals surface area contributed by atoms with Crippen LogP contribution in [0.25, 0.3) is 16.7 Å². The van der Waals surface area contributed by atoms with E-state index < -0.39 is 0 Å². The third-order valence-electron chi connectivity index (χ3n) is 7.29. The molecule has 35 heavy (non-hydrogen) atoms. The van der Waals surface area contributed by atoms with Crippen molar-refractivity contribution >= 4 is 39.9 Å². The molecule has 0 atom stereocenters. The number of alkyl halides is 1. The summed E-state index contributed by atoms with van der Waals surface area (Å²) in [4.78, 5) is 2.31. The molecule has 3 aromatic rings. The number of allylic oxidation sites excluding steroid dienone is 2. The number of benzene rings is 3. The van der Waals surface area contributed by atoms with E-state index >= 15 is 0 Å². The second-order valence-electron chi connectivity index (χ2n) is 9.55. The lowest BCUT2D eigenvalue weighted by molar-refractivity contribution is 0.238. The Kier molecular flexibility index (Phi) is 7.43. The molecule has 5 rings (SSSR count). The molecular weight excluding hydrogens is 476 g/mol. The molecule has 1 heterocycles. The van der Waals surface area contributed by atoms with E-state index in [9.17, 15) is 4.39 Å². The van der Waals surface area contributed by atoms with E-state index in [0.29, 0.717) is 16.5 Å². The zero-order valence-electron chi connectivity index (χ0n) is 20.1. The predicted octanol–water partition coefficient (Wildman–Crippen LogP) is 8.74. The van der Waals surface area contributed by atoms with Crippen LogP contribution in [0.5, 0.6) is 0 Å². The lowest BCUT2D eigenvalue weighted by atomic mass is 9.87. The van der Waals surface area contributed by atoms with Gasteiger partial charge >= 0.3 is 0 Å². The van der Waals surface area contributed by atoms with Crippen LogP contribution < -0.4 is 0 Å². The van der Waals surface area contributed by atoms with Gasteiger partial charge in [0.1, 0.15) is 0 Å². The van der Waals surface area contributed by atoms with Crippen molar-refractivity contribution in [2.75, 3.05) is 26.3 Å². The van der Waals surface area contributed by atoms with E-state index in [-0.39, 0.29) is 6.67 Å². The Hall–Kier alpha value is -2.39. The highest BCUT2D eigenvalue weighted by atomic mass is 35.5. The average molecular weight is 506 g/mol. The molecule has 0 radical (unpaired) electrons. The molecule has 0 N–H and O–H groups in total. The molecule has 1 aliphatic heterocycles. The summed E-state index contributed by atoms with van der Waals surface area (Å²) in [5, 5.41) is 1.35. The van der Waals surface area contributed by atoms with Crippen LogP contribution in [0.15, 0.2) is 72.3 Å². The molecule has 0 spiro atoms. The fraction of sp³-hybridized carbons (Fsp3) is 0.290. The largest absolute Gasteiger partial charge is 0.295 e. The number of halogens is 3. The Bertz CT molecular complexity index is 1280. The summed E-state index contributed by atoms with van der Waals surface area (Å²) in [5.41, 5.74) is 11.5. The van der Waals surface area contributed by atoms with E-state index in [2.05, 4.69) is 66.4 Å². The quantitative estimate of drug-likeness (QED) is 0.323. The van der Waals surface area contributed by atoms with Crippen LogP contribution >= 0.6 is 23.2 Å². The molecule has 0 saturated carbocycles. The molecule has 1 fully saturated rings. The number of rotatable bonds is 6. The summed E-state index contributed by atoms with van der Waals surface area (Å²) in [6.45, 7) is 4.71. The van der Waals surface area contributed by atoms with Gasteiger partial charge in [-0.05, 0) is 94.8 Å². The number of hydrogen-bond acceptors (Lipinski definition) is 1. The zero-order chi connectivity index (χ0) is 24.4. The summed E-state index contributed by atoms with van der Waals surface area (Å²) in [6.07, 6.45) is 3.72. The van der Waals surface area contributed by atoms with Gasteiger partial charge in [-0.3, -0.25) is 9.29 Å². The number of fused-ring (bicyclic) bond motifs is 1. The standard InChI is InChI=1S/C31H30Cl2FN/c1-21(25-19-35(20-25)17-5-16-34)22-10-12-24(13-11-22)31-27-8-3-2-6-23(27)7-4-9-29(31)28-15-14-26(32)18-30(28)33/h2-3,6,8,10-15,18H,4-5,7,9,16-17,19-20H2,1H3. The highest BCUT2D eigenvalue weighted by Crippen LogP contribution is 2.42. The topological polar surface area (TPSA) is 3.24 Å². The van der Waals surface area contributed by atoms with E-state index in [1.54, 1.807) is 0 Å². The first kappa shape index (κ1) is 24.3. The summed E-state index contributed by atoms with van der Waals surface area (Å²) in [7, 11) is 0. The van der Waals surface area contributed by atoms with Crippen molar-refractivity contribution in [1.29, 1.82) is 0 Å². The van der Waals surface area contributed by atoms with Gasteiger partial charge in [-0.25, -0.2) is 0 Å². The monoisotopic (exact) mass is 505 g/mol. The van der Waals surface area contributed by atoms with Gasteiger partial charge < -0.3 is 0 Å². The van der Waals surface area contributed by atoms with Crippen molar-refractivity contribution in [2.45, 2.75) is 32.6 Å². The van der Waals surface area contributed by atoms with Crippen molar-refractivity contribution in [3.63, 3.8) is 0 Å². The van der Waals surface area contributed by atoms with Crippen LogP contribution in [0.3, 0.4) is 0 Å². The van der Waals surface area contributed by atoms with Gasteiger partial charge in [-0.1, -0.05) is 77.8 Å². The Morgan fingerprint density at radius 1 is 0.914 bits per heavy atom. The minimum absolute atomic E-state index is 0.238. The van der Waals surface area contributed by atoms with E-state index in [1.165, 1.54) is 44.5 Å². The van der Waals surface area contributed by atoms with E-state index in [1.807, 2.05) is 12.1 Å². The Morgan fingerprint density at radius 3 is 2.43 bits per heavy atom. The smallest absolute Gasteiger partial charge is 0.0906 e. The molecule has 3 aromatic carbocycles. The lowest BCUT2D eigenvalue weighted by Crippen LogP contribution is -2.41. The predicted molar refractivity (Wildman–Crippen MR) is 148 cm³/mol. The molecule has 180 valence electrons. The normalized spacial score (nSPS) is 16.1. The summed E-state index contributed by atoms with van der Waals surface area (Å²) >= 11 is 12.9. The Balaban J connectivity index is 1.54. The van der Waals surface area contributed by atoms with Crippen LogP contribution in [0, 0.1) is 0 Å². The average Bonchev–Trinajstić information content (AvgIpc) is 3.03. The molecule has 4 heteroatoms. The van der Waals surface area contributed by atoms with E-state index in [0.717, 1.165) is 44.5 Å². The fourth-order valence-corrected chi connectivity index (χ4v) is 5.84. The number of nitrogens with zero attached hydrogens (tertiary/aromatic N) is 1. The molecule has 0 bridgehead atoms. The van der Waals surface area contributed by atoms with Crippen LogP contribution in [0.1, 0.15) is 54.0 Å². The molecule has 0 aromatic heterocycles. The fourth-order valence-electron chi connectivity index (χ4n) is 5.32. The number of aryl methyl sites for hydroxylation is 1. The maximum Gasteiger partial charge on any atom is 0.0906 e. The second kappa shape index (κ2) is 10.7. The first-order valence-electron chi connectivity index (χ1n) is 12.4. The SMILES string of the molecule is CC(=C1CN(CCCF)C1)c1ccc(C2=C(c3ccc(Cl)cc3Cl)CCCc3ccccc32)cc1. The van der Waals surface area contributed by atoms with Crippen molar-refractivity contribution in [1.82, 2.24) is 4.90 Å². The maximum absolute atomic E-state index is 12.5. The molecular formula is C31H30Cl2FN. The molecule has 1 nitrogen and oxygen atoms in total. The second-order valence-corrected chi connectivity index (χ2v) is 10.4. The molecule has 1 saturated heterocycles. The number of likely N-dealkylation sites (tertiary alicyclic amines) is 1. The zero-order valence-corrected chi connectivity index (χ0v) is 21.6. The van der Waals surface area contributed by atoms with Crippen LogP contribution in [0.2, 0.25) is 10.0 Å². The van der Waals surface area contributed by atoms with Gasteiger partial charge in [0, 0.05) is 29.7 Å². The maximum atomic E-state index is 12.5. The summed E-state index contributed by atoms with van der Waals surface area (Å²) < 4.78 is 12.5. The Labute approximate surface area is 217 Å². The summed E-state index contributed by atoms with van der Waals surface area (Å²) in [6, 6.07) is 23.5. The third kappa shape index (κ3) is 5.11. The van der Waals surface area contributed by atoms with Gasteiger partial charge in [0.2, 0.25) is 0 Å². The van der Waals surface area contributed by atoms with Gasteiger partial charge in [0.05, 0.1) is 6.67 Å². The first-order valence-corrected chi connectivity index (χ1v) is 13.2. The number of hydrogen-bond donors (Lipinski definition) is 0. The van der Waals surface area contributed by atoms with Gasteiger partial charge in [0.15, 0.2) is 0 Å². The lowest BCUT2D eigenvalue weighted by Gasteiger charge is -2.35. The van der Waals surface area contributed by atoms with E-state index in [4.69, 9.17) is 23.2 Å². The third-order valence-corrected chi connectivity index (χ3v) is 7.84. The van der Waals surface area contributed by atoms with Crippen molar-refractivity contribution < 1.29 is 4.39 Å².